The fourth-order valence-corrected chi connectivity index (χ4v) is 12.6. The van der Waals surface area contributed by atoms with Gasteiger partial charge in [-0.05, 0) is 101 Å². The highest BCUT2D eigenvalue weighted by molar-refractivity contribution is 7.26. The molecular formula is C52H40N4S. The summed E-state index contributed by atoms with van der Waals surface area (Å²) in [5.74, 6) is 1.27. The summed E-state index contributed by atoms with van der Waals surface area (Å²) in [6.45, 7) is 0. The molecule has 6 aromatic rings. The van der Waals surface area contributed by atoms with Crippen molar-refractivity contribution in [3.05, 3.63) is 213 Å². The molecule has 7 aliphatic rings. The molecule has 4 aliphatic carbocycles. The lowest BCUT2D eigenvalue weighted by Crippen LogP contribution is -2.49. The van der Waals surface area contributed by atoms with Gasteiger partial charge >= 0.3 is 0 Å². The highest BCUT2D eigenvalue weighted by Gasteiger charge is 2.57. The number of aliphatic imine (C=N–C) groups is 1. The number of benzene rings is 5. The molecule has 4 heterocycles. The quantitative estimate of drug-likeness (QED) is 0.189. The molecule has 3 aliphatic heterocycles. The smallest absolute Gasteiger partial charge is 0.131 e. The van der Waals surface area contributed by atoms with Gasteiger partial charge in [-0.3, -0.25) is 5.32 Å². The first-order chi connectivity index (χ1) is 28.3. The van der Waals surface area contributed by atoms with Gasteiger partial charge in [-0.1, -0.05) is 127 Å². The lowest BCUT2D eigenvalue weighted by Gasteiger charge is -2.47. The van der Waals surface area contributed by atoms with Crippen LogP contribution < -0.4 is 15.5 Å². The Morgan fingerprint density at radius 3 is 2.53 bits per heavy atom. The standard InChI is InChI=1S/C52H40N4S/c1-3-15-31(16-4-1)49-53-50(32-17-5-2-6-18-32)55-51(54-49)33-27-28-35-34-19-7-10-22-39(34)52(41(35)29-33)40-23-11-13-25-44(40)56-43-24-12-8-21-37(43)46-47(56)42(52)30-38-36-20-9-14-26-45(36)57-48(38)46/h1-10,12-20,22,24-26,29-30,37,49,51,54H,11,21,23,27-28H2,(H,53,55). The highest BCUT2D eigenvalue weighted by Crippen LogP contribution is 2.68. The number of fused-ring (bicyclic) bond motifs is 14. The van der Waals surface area contributed by atoms with Crippen molar-refractivity contribution in [2.45, 2.75) is 55.8 Å². The second kappa shape index (κ2) is 12.0. The number of amidine groups is 1. The molecule has 4 nitrogen and oxygen atoms in total. The van der Waals surface area contributed by atoms with Gasteiger partial charge in [0, 0.05) is 48.6 Å². The number of allylic oxidation sites excluding steroid dienone is 10. The molecule has 1 aromatic heterocycles. The average Bonchev–Trinajstić information content (AvgIpc) is 3.93. The Balaban J connectivity index is 1.09. The van der Waals surface area contributed by atoms with Gasteiger partial charge in [-0.2, -0.15) is 0 Å². The Morgan fingerprint density at radius 2 is 1.61 bits per heavy atom. The average molecular weight is 753 g/mol. The van der Waals surface area contributed by atoms with E-state index in [9.17, 15) is 0 Å². The van der Waals surface area contributed by atoms with E-state index < -0.39 is 5.41 Å². The molecule has 274 valence electrons. The van der Waals surface area contributed by atoms with Crippen LogP contribution >= 0.6 is 11.3 Å². The minimum atomic E-state index is -0.408. The van der Waals surface area contributed by atoms with Gasteiger partial charge in [0.2, 0.25) is 0 Å². The fraction of sp³-hybridized carbons (Fsp3) is 0.173. The topological polar surface area (TPSA) is 39.7 Å². The molecule has 5 aromatic carbocycles. The first-order valence-electron chi connectivity index (χ1n) is 20.6. The van der Waals surface area contributed by atoms with E-state index in [1.165, 1.54) is 81.8 Å². The minimum absolute atomic E-state index is 0.0706. The van der Waals surface area contributed by atoms with Crippen molar-refractivity contribution in [1.82, 2.24) is 10.6 Å². The van der Waals surface area contributed by atoms with Crippen molar-refractivity contribution in [2.75, 3.05) is 4.90 Å². The van der Waals surface area contributed by atoms with Crippen LogP contribution in [0.25, 0.3) is 25.7 Å². The summed E-state index contributed by atoms with van der Waals surface area (Å²) >= 11 is 1.99. The summed E-state index contributed by atoms with van der Waals surface area (Å²) < 4.78 is 2.83. The lowest BCUT2D eigenvalue weighted by molar-refractivity contribution is 0.425. The van der Waals surface area contributed by atoms with Gasteiger partial charge in [-0.15, -0.1) is 11.3 Å². The summed E-state index contributed by atoms with van der Waals surface area (Å²) in [5, 5.41) is 10.5. The van der Waals surface area contributed by atoms with E-state index in [2.05, 4.69) is 167 Å². The largest absolute Gasteiger partial charge is 0.350 e. The molecule has 57 heavy (non-hydrogen) atoms. The third-order valence-electron chi connectivity index (χ3n) is 13.7. The zero-order valence-electron chi connectivity index (χ0n) is 31.5. The SMILES string of the molecule is C1=CCC2C(=C1)N1C3=C(CCC=C3)C3(C4=C(CCC(C5N=C(c6ccccc6)NC(c6ccccc6)N5)=C4)c4ccccc43)c3cc4c(sc5ccccc54)c2c31. The maximum Gasteiger partial charge on any atom is 0.131 e. The second-order valence-electron chi connectivity index (χ2n) is 16.4. The Hall–Kier alpha value is -6.01. The van der Waals surface area contributed by atoms with Gasteiger partial charge in [0.1, 0.15) is 18.2 Å². The van der Waals surface area contributed by atoms with E-state index in [1.54, 1.807) is 5.57 Å². The van der Waals surface area contributed by atoms with Gasteiger partial charge in [0.25, 0.3) is 0 Å². The van der Waals surface area contributed by atoms with E-state index in [0.29, 0.717) is 5.92 Å². The minimum Gasteiger partial charge on any atom is -0.350 e. The Bertz CT molecular complexity index is 2960. The van der Waals surface area contributed by atoms with E-state index in [1.807, 2.05) is 11.3 Å². The number of nitrogens with zero attached hydrogens (tertiary/aromatic N) is 2. The number of thiophene rings is 1. The van der Waals surface area contributed by atoms with Crippen molar-refractivity contribution in [3.63, 3.8) is 0 Å². The van der Waals surface area contributed by atoms with Gasteiger partial charge in [-0.25, -0.2) is 4.99 Å². The third kappa shape index (κ3) is 4.33. The van der Waals surface area contributed by atoms with E-state index in [0.717, 1.165) is 43.5 Å². The molecule has 4 unspecified atom stereocenters. The lowest BCUT2D eigenvalue weighted by atomic mass is 9.61. The summed E-state index contributed by atoms with van der Waals surface area (Å²) in [7, 11) is 0. The second-order valence-corrected chi connectivity index (χ2v) is 17.5. The van der Waals surface area contributed by atoms with Crippen molar-refractivity contribution in [1.29, 1.82) is 0 Å². The number of nitrogens with one attached hydrogen (secondary N) is 2. The third-order valence-corrected chi connectivity index (χ3v) is 14.9. The van der Waals surface area contributed by atoms with Crippen molar-refractivity contribution >= 4 is 48.6 Å². The Morgan fingerprint density at radius 1 is 0.789 bits per heavy atom. The van der Waals surface area contributed by atoms with Crippen molar-refractivity contribution in [3.8, 4) is 0 Å². The molecular weight excluding hydrogens is 713 g/mol. The van der Waals surface area contributed by atoms with Crippen LogP contribution in [0.5, 0.6) is 0 Å². The van der Waals surface area contributed by atoms with Crippen LogP contribution in [0.1, 0.15) is 77.6 Å². The van der Waals surface area contributed by atoms with E-state index in [-0.39, 0.29) is 12.3 Å². The van der Waals surface area contributed by atoms with Crippen LogP contribution in [0.2, 0.25) is 0 Å². The number of rotatable bonds is 3. The molecule has 0 amide bonds. The summed E-state index contributed by atoms with van der Waals surface area (Å²) in [6, 6.07) is 42.5. The van der Waals surface area contributed by atoms with Crippen molar-refractivity contribution < 1.29 is 0 Å². The normalized spacial score (nSPS) is 25.2. The Labute approximate surface area is 336 Å². The maximum absolute atomic E-state index is 5.49. The van der Waals surface area contributed by atoms with Crippen LogP contribution in [0.3, 0.4) is 0 Å². The van der Waals surface area contributed by atoms with Crippen molar-refractivity contribution in [2.24, 2.45) is 4.99 Å². The van der Waals surface area contributed by atoms with E-state index >= 15 is 0 Å². The van der Waals surface area contributed by atoms with Crippen LogP contribution in [0.15, 0.2) is 185 Å². The first-order valence-corrected chi connectivity index (χ1v) is 21.4. The Kier molecular flexibility index (Phi) is 6.76. The fourth-order valence-electron chi connectivity index (χ4n) is 11.4. The van der Waals surface area contributed by atoms with Crippen LogP contribution in [-0.2, 0) is 5.41 Å². The van der Waals surface area contributed by atoms with E-state index in [4.69, 9.17) is 4.99 Å². The molecule has 2 N–H and O–H groups in total. The number of hydrogen-bond donors (Lipinski definition) is 2. The zero-order chi connectivity index (χ0) is 37.2. The summed E-state index contributed by atoms with van der Waals surface area (Å²) in [5.41, 5.74) is 17.9. The van der Waals surface area contributed by atoms with Gasteiger partial charge < -0.3 is 10.2 Å². The molecule has 0 saturated carbocycles. The monoisotopic (exact) mass is 752 g/mol. The van der Waals surface area contributed by atoms with Crippen LogP contribution in [0, 0.1) is 0 Å². The first kappa shape index (κ1) is 32.1. The molecule has 0 saturated heterocycles. The molecule has 0 fully saturated rings. The molecule has 5 heteroatoms. The molecule has 0 bridgehead atoms. The van der Waals surface area contributed by atoms with Crippen LogP contribution in [-0.4, -0.2) is 12.0 Å². The van der Waals surface area contributed by atoms with Crippen LogP contribution in [0.4, 0.5) is 5.69 Å². The predicted molar refractivity (Wildman–Crippen MR) is 235 cm³/mol. The molecule has 0 radical (unpaired) electrons. The number of anilines is 1. The highest BCUT2D eigenvalue weighted by atomic mass is 32.1. The number of hydrogen-bond acceptors (Lipinski definition) is 5. The maximum atomic E-state index is 5.49. The summed E-state index contributed by atoms with van der Waals surface area (Å²) in [6.07, 6.45) is 19.4. The molecule has 4 atom stereocenters. The zero-order valence-corrected chi connectivity index (χ0v) is 32.3. The summed E-state index contributed by atoms with van der Waals surface area (Å²) in [4.78, 5) is 8.18. The molecule has 13 rings (SSSR count). The van der Waals surface area contributed by atoms with Gasteiger partial charge in [0.15, 0.2) is 0 Å². The van der Waals surface area contributed by atoms with Gasteiger partial charge in [0.05, 0.1) is 11.1 Å². The molecule has 1 spiro atoms. The predicted octanol–water partition coefficient (Wildman–Crippen LogP) is 11.9.